The normalized spacial score (nSPS) is 10.7. The van der Waals surface area contributed by atoms with Gasteiger partial charge in [0, 0.05) is 19.3 Å². The average molecular weight is 350 g/mol. The van der Waals surface area contributed by atoms with Gasteiger partial charge >= 0.3 is 5.97 Å². The summed E-state index contributed by atoms with van der Waals surface area (Å²) in [5, 5.41) is 18.7. The molecule has 0 saturated heterocycles. The third-order valence-corrected chi connectivity index (χ3v) is 4.13. The smallest absolute Gasteiger partial charge is 0.341 e. The maximum absolute atomic E-state index is 11.6. The molecule has 0 aliphatic heterocycles. The van der Waals surface area contributed by atoms with Crippen molar-refractivity contribution in [3.05, 3.63) is 87.8 Å². The Hall–Kier alpha value is -3.38. The second-order valence-electron chi connectivity index (χ2n) is 5.96. The SMILES string of the molecule is NCc1ccc(-c2ccc(Cn3cc(O)c(=O)c(C(=O)O)c3)cc2)cc1. The fourth-order valence-corrected chi connectivity index (χ4v) is 2.71. The molecule has 6 nitrogen and oxygen atoms in total. The van der Waals surface area contributed by atoms with Crippen LogP contribution < -0.4 is 11.2 Å². The van der Waals surface area contributed by atoms with Crippen LogP contribution >= 0.6 is 0 Å². The Morgan fingerprint density at radius 1 is 0.923 bits per heavy atom. The quantitative estimate of drug-likeness (QED) is 0.655. The van der Waals surface area contributed by atoms with Crippen molar-refractivity contribution in [3.8, 4) is 16.9 Å². The molecule has 26 heavy (non-hydrogen) atoms. The van der Waals surface area contributed by atoms with Crippen molar-refractivity contribution in [1.29, 1.82) is 0 Å². The Morgan fingerprint density at radius 3 is 1.96 bits per heavy atom. The van der Waals surface area contributed by atoms with Crippen LogP contribution in [0.1, 0.15) is 21.5 Å². The maximum Gasteiger partial charge on any atom is 0.341 e. The van der Waals surface area contributed by atoms with E-state index >= 15 is 0 Å². The van der Waals surface area contributed by atoms with Gasteiger partial charge in [0.2, 0.25) is 5.43 Å². The van der Waals surface area contributed by atoms with Crippen LogP contribution in [-0.4, -0.2) is 20.7 Å². The molecule has 0 unspecified atom stereocenters. The van der Waals surface area contributed by atoms with Crippen molar-refractivity contribution in [2.75, 3.05) is 0 Å². The number of rotatable bonds is 5. The van der Waals surface area contributed by atoms with Crippen LogP contribution in [0, 0.1) is 0 Å². The van der Waals surface area contributed by atoms with Gasteiger partial charge in [-0.1, -0.05) is 48.5 Å². The third-order valence-electron chi connectivity index (χ3n) is 4.13. The van der Waals surface area contributed by atoms with Crippen molar-refractivity contribution < 1.29 is 15.0 Å². The first-order valence-electron chi connectivity index (χ1n) is 8.02. The largest absolute Gasteiger partial charge is 0.503 e. The zero-order valence-electron chi connectivity index (χ0n) is 13.9. The number of benzene rings is 2. The molecule has 0 saturated carbocycles. The first-order chi connectivity index (χ1) is 12.5. The number of aromatic hydroxyl groups is 1. The van der Waals surface area contributed by atoms with Crippen molar-refractivity contribution in [2.24, 2.45) is 5.73 Å². The van der Waals surface area contributed by atoms with Gasteiger partial charge < -0.3 is 20.5 Å². The molecule has 1 aromatic heterocycles. The lowest BCUT2D eigenvalue weighted by Gasteiger charge is -2.10. The number of carboxylic acid groups (broad SMARTS) is 1. The van der Waals surface area contributed by atoms with Crippen LogP contribution in [-0.2, 0) is 13.1 Å². The summed E-state index contributed by atoms with van der Waals surface area (Å²) in [6, 6.07) is 15.8. The van der Waals surface area contributed by atoms with E-state index in [1.54, 1.807) is 0 Å². The minimum absolute atomic E-state index is 0.334. The fraction of sp³-hybridized carbons (Fsp3) is 0.100. The summed E-state index contributed by atoms with van der Waals surface area (Å²) in [5.41, 5.74) is 8.36. The molecular weight excluding hydrogens is 332 g/mol. The zero-order chi connectivity index (χ0) is 18.7. The molecule has 0 amide bonds. The van der Waals surface area contributed by atoms with Crippen molar-refractivity contribution in [1.82, 2.24) is 4.57 Å². The van der Waals surface area contributed by atoms with Gasteiger partial charge in [-0.15, -0.1) is 0 Å². The Bertz CT molecular complexity index is 990. The van der Waals surface area contributed by atoms with E-state index in [1.165, 1.54) is 17.0 Å². The van der Waals surface area contributed by atoms with Gasteiger partial charge in [0.1, 0.15) is 5.56 Å². The van der Waals surface area contributed by atoms with E-state index in [0.29, 0.717) is 13.1 Å². The summed E-state index contributed by atoms with van der Waals surface area (Å²) in [5.74, 6) is -1.95. The molecule has 0 spiro atoms. The van der Waals surface area contributed by atoms with E-state index in [-0.39, 0.29) is 0 Å². The summed E-state index contributed by atoms with van der Waals surface area (Å²) >= 11 is 0. The van der Waals surface area contributed by atoms with Crippen LogP contribution in [0.25, 0.3) is 11.1 Å². The predicted molar refractivity (Wildman–Crippen MR) is 98.2 cm³/mol. The van der Waals surface area contributed by atoms with E-state index in [2.05, 4.69) is 0 Å². The molecule has 3 aromatic rings. The first kappa shape index (κ1) is 17.4. The minimum Gasteiger partial charge on any atom is -0.503 e. The lowest BCUT2D eigenvalue weighted by Crippen LogP contribution is -2.17. The molecule has 0 bridgehead atoms. The molecule has 2 aromatic carbocycles. The first-order valence-corrected chi connectivity index (χ1v) is 8.02. The van der Waals surface area contributed by atoms with E-state index in [0.717, 1.165) is 22.3 Å². The van der Waals surface area contributed by atoms with Crippen molar-refractivity contribution in [2.45, 2.75) is 13.1 Å². The number of hydrogen-bond acceptors (Lipinski definition) is 4. The van der Waals surface area contributed by atoms with E-state index in [1.807, 2.05) is 48.5 Å². The van der Waals surface area contributed by atoms with Crippen molar-refractivity contribution in [3.63, 3.8) is 0 Å². The van der Waals surface area contributed by atoms with Gasteiger partial charge in [0.15, 0.2) is 5.75 Å². The van der Waals surface area contributed by atoms with Gasteiger partial charge in [0.25, 0.3) is 0 Å². The number of carboxylic acids is 1. The van der Waals surface area contributed by atoms with Gasteiger partial charge in [-0.05, 0) is 22.3 Å². The van der Waals surface area contributed by atoms with Crippen LogP contribution in [0.5, 0.6) is 5.75 Å². The van der Waals surface area contributed by atoms with Crippen molar-refractivity contribution >= 4 is 5.97 Å². The summed E-state index contributed by atoms with van der Waals surface area (Å²) in [6.07, 6.45) is 2.46. The zero-order valence-corrected chi connectivity index (χ0v) is 13.9. The fourth-order valence-electron chi connectivity index (χ4n) is 2.71. The molecule has 6 heteroatoms. The lowest BCUT2D eigenvalue weighted by atomic mass is 10.0. The van der Waals surface area contributed by atoms with Gasteiger partial charge in [0.05, 0.1) is 6.20 Å². The molecule has 0 radical (unpaired) electrons. The highest BCUT2D eigenvalue weighted by Gasteiger charge is 2.13. The molecule has 0 aliphatic carbocycles. The molecule has 0 atom stereocenters. The molecule has 0 aliphatic rings. The van der Waals surface area contributed by atoms with E-state index in [9.17, 15) is 14.7 Å². The van der Waals surface area contributed by atoms with Gasteiger partial charge in [-0.3, -0.25) is 4.79 Å². The summed E-state index contributed by atoms with van der Waals surface area (Å²) in [6.45, 7) is 0.838. The van der Waals surface area contributed by atoms with Crippen LogP contribution in [0.3, 0.4) is 0 Å². The molecule has 3 rings (SSSR count). The number of hydrogen-bond donors (Lipinski definition) is 3. The Balaban J connectivity index is 1.83. The van der Waals surface area contributed by atoms with Crippen LogP contribution in [0.4, 0.5) is 0 Å². The molecular formula is C20H18N2O4. The van der Waals surface area contributed by atoms with Gasteiger partial charge in [-0.2, -0.15) is 0 Å². The van der Waals surface area contributed by atoms with E-state index < -0.39 is 22.7 Å². The average Bonchev–Trinajstić information content (AvgIpc) is 2.65. The highest BCUT2D eigenvalue weighted by Crippen LogP contribution is 2.21. The topological polar surface area (TPSA) is 106 Å². The molecule has 1 heterocycles. The van der Waals surface area contributed by atoms with Crippen LogP contribution in [0.15, 0.2) is 65.7 Å². The number of nitrogens with zero attached hydrogens (tertiary/aromatic N) is 1. The Labute approximate surface area is 149 Å². The lowest BCUT2D eigenvalue weighted by molar-refractivity contribution is 0.0694. The minimum atomic E-state index is -1.36. The van der Waals surface area contributed by atoms with E-state index in [4.69, 9.17) is 10.8 Å². The number of carbonyl (C=O) groups is 1. The molecule has 132 valence electrons. The number of pyridine rings is 1. The second-order valence-corrected chi connectivity index (χ2v) is 5.96. The van der Waals surface area contributed by atoms with Crippen LogP contribution in [0.2, 0.25) is 0 Å². The number of nitrogens with two attached hydrogens (primary N) is 1. The standard InChI is InChI=1S/C20H18N2O4/c21-9-13-1-5-15(6-2-13)16-7-3-14(4-8-16)10-22-11-17(20(25)26)19(24)18(23)12-22/h1-8,11-12,23H,9-10,21H2,(H,25,26). The summed E-state index contributed by atoms with van der Waals surface area (Å²) in [7, 11) is 0. The van der Waals surface area contributed by atoms with Gasteiger partial charge in [-0.25, -0.2) is 4.79 Å². The number of aromatic carboxylic acids is 1. The monoisotopic (exact) mass is 350 g/mol. The Kier molecular flexibility index (Phi) is 4.86. The highest BCUT2D eigenvalue weighted by atomic mass is 16.4. The second kappa shape index (κ2) is 7.25. The molecule has 0 fully saturated rings. The maximum atomic E-state index is 11.6. The Morgan fingerprint density at radius 2 is 1.46 bits per heavy atom. The number of aromatic nitrogens is 1. The predicted octanol–water partition coefficient (Wildman–Crippen LogP) is 2.43. The third kappa shape index (κ3) is 3.65. The summed E-state index contributed by atoms with van der Waals surface area (Å²) in [4.78, 5) is 22.7. The molecule has 4 N–H and O–H groups in total. The summed E-state index contributed by atoms with van der Waals surface area (Å²) < 4.78 is 1.48. The highest BCUT2D eigenvalue weighted by molar-refractivity contribution is 5.87.